The van der Waals surface area contributed by atoms with Crippen molar-refractivity contribution in [1.29, 1.82) is 0 Å². The monoisotopic (exact) mass is 431 g/mol. The van der Waals surface area contributed by atoms with Crippen molar-refractivity contribution in [2.75, 3.05) is 32.7 Å². The lowest BCUT2D eigenvalue weighted by Gasteiger charge is -2.32. The molecule has 2 aliphatic heterocycles. The Morgan fingerprint density at radius 1 is 1.30 bits per heavy atom. The molecule has 1 aromatic carbocycles. The maximum atomic E-state index is 12.5. The number of hydrogen-bond donors (Lipinski definition) is 1. The number of carbonyl (C=O) groups is 1. The highest BCUT2D eigenvalue weighted by atomic mass is 32.2. The van der Waals surface area contributed by atoms with Gasteiger partial charge >= 0.3 is 0 Å². The number of piperidine rings is 1. The summed E-state index contributed by atoms with van der Waals surface area (Å²) in [6, 6.07) is 6.07. The Labute approximate surface area is 181 Å². The molecule has 2 aromatic rings. The Bertz CT molecular complexity index is 901. The van der Waals surface area contributed by atoms with Crippen LogP contribution in [0.4, 0.5) is 0 Å². The maximum Gasteiger partial charge on any atom is 0.234 e. The molecule has 1 fully saturated rings. The van der Waals surface area contributed by atoms with E-state index in [0.29, 0.717) is 25.0 Å². The molecule has 4 rings (SSSR count). The number of aromatic nitrogens is 3. The summed E-state index contributed by atoms with van der Waals surface area (Å²) in [4.78, 5) is 14.8. The van der Waals surface area contributed by atoms with Gasteiger partial charge in [0.05, 0.1) is 6.54 Å². The third-order valence-corrected chi connectivity index (χ3v) is 6.20. The molecule has 0 bridgehead atoms. The molecule has 0 saturated carbocycles. The number of carbonyl (C=O) groups excluding carboxylic acids is 1. The largest absolute Gasteiger partial charge is 0.454 e. The van der Waals surface area contributed by atoms with Crippen molar-refractivity contribution in [2.45, 2.75) is 50.4 Å². The fraction of sp³-hybridized carbons (Fsp3) is 0.571. The number of nitrogens with one attached hydrogen (secondary N) is 1. The van der Waals surface area contributed by atoms with E-state index in [1.54, 1.807) is 11.8 Å². The molecule has 3 heterocycles. The van der Waals surface area contributed by atoms with E-state index in [-0.39, 0.29) is 12.7 Å². The van der Waals surface area contributed by atoms with E-state index in [1.807, 2.05) is 24.5 Å². The van der Waals surface area contributed by atoms with Crippen LogP contribution in [-0.4, -0.2) is 58.3 Å². The summed E-state index contributed by atoms with van der Waals surface area (Å²) in [5, 5.41) is 12.8. The van der Waals surface area contributed by atoms with Gasteiger partial charge in [-0.2, -0.15) is 0 Å². The summed E-state index contributed by atoms with van der Waals surface area (Å²) in [6.45, 7) is 7.21. The van der Waals surface area contributed by atoms with Crippen LogP contribution < -0.4 is 14.8 Å². The highest BCUT2D eigenvalue weighted by Gasteiger charge is 2.28. The number of rotatable bonds is 7. The van der Waals surface area contributed by atoms with Gasteiger partial charge in [0.25, 0.3) is 0 Å². The molecule has 1 atom stereocenters. The number of likely N-dealkylation sites (tertiary alicyclic amines) is 1. The van der Waals surface area contributed by atoms with Crippen LogP contribution in [0.5, 0.6) is 11.5 Å². The van der Waals surface area contributed by atoms with Gasteiger partial charge in [0.2, 0.25) is 12.7 Å². The minimum Gasteiger partial charge on any atom is -0.454 e. The quantitative estimate of drug-likeness (QED) is 0.675. The standard InChI is InChI=1S/C21H29N5O3S/c1-14(2)26-20(23-24-21(26)30-3)16-5-4-8-25(11-16)12-19(27)22-10-15-6-7-17-18(9-15)29-13-28-17/h6-7,9,14,16H,4-5,8,10-13H2,1-3H3,(H,22,27). The Hall–Kier alpha value is -2.26. The normalized spacial score (nSPS) is 18.7. The second kappa shape index (κ2) is 9.26. The predicted octanol–water partition coefficient (Wildman–Crippen LogP) is 2.81. The molecular formula is C21H29N5O3S. The molecule has 1 saturated heterocycles. The minimum atomic E-state index is 0.0310. The Kier molecular flexibility index (Phi) is 6.48. The molecule has 9 heteroatoms. The predicted molar refractivity (Wildman–Crippen MR) is 115 cm³/mol. The second-order valence-corrected chi connectivity index (χ2v) is 8.82. The van der Waals surface area contributed by atoms with Crippen LogP contribution in [0, 0.1) is 0 Å². The summed E-state index contributed by atoms with van der Waals surface area (Å²) >= 11 is 1.63. The first-order valence-corrected chi connectivity index (χ1v) is 11.6. The summed E-state index contributed by atoms with van der Waals surface area (Å²) in [6.07, 6.45) is 4.17. The lowest BCUT2D eigenvalue weighted by molar-refractivity contribution is -0.122. The fourth-order valence-corrected chi connectivity index (χ4v) is 4.74. The van der Waals surface area contributed by atoms with E-state index in [9.17, 15) is 4.79 Å². The van der Waals surface area contributed by atoms with Crippen LogP contribution in [0.25, 0.3) is 0 Å². The molecule has 2 aliphatic rings. The Morgan fingerprint density at radius 3 is 2.93 bits per heavy atom. The minimum absolute atomic E-state index is 0.0310. The number of hydrogen-bond acceptors (Lipinski definition) is 7. The summed E-state index contributed by atoms with van der Waals surface area (Å²) < 4.78 is 13.0. The van der Waals surface area contributed by atoms with Gasteiger partial charge in [-0.3, -0.25) is 9.69 Å². The van der Waals surface area contributed by atoms with Gasteiger partial charge < -0.3 is 19.4 Å². The maximum absolute atomic E-state index is 12.5. The SMILES string of the molecule is CSc1nnc(C2CCCN(CC(=O)NCc3ccc4c(c3)OCO4)C2)n1C(C)C. The average molecular weight is 432 g/mol. The van der Waals surface area contributed by atoms with Gasteiger partial charge in [0.15, 0.2) is 16.7 Å². The van der Waals surface area contributed by atoms with Crippen molar-refractivity contribution < 1.29 is 14.3 Å². The number of amides is 1. The number of benzene rings is 1. The molecule has 1 amide bonds. The van der Waals surface area contributed by atoms with E-state index in [4.69, 9.17) is 9.47 Å². The van der Waals surface area contributed by atoms with Crippen LogP contribution in [-0.2, 0) is 11.3 Å². The number of ether oxygens (including phenoxy) is 2. The molecule has 1 N–H and O–H groups in total. The zero-order valence-corrected chi connectivity index (χ0v) is 18.6. The molecule has 0 spiro atoms. The number of fused-ring (bicyclic) bond motifs is 1. The van der Waals surface area contributed by atoms with Crippen LogP contribution in [0.15, 0.2) is 23.4 Å². The van der Waals surface area contributed by atoms with Crippen LogP contribution in [0.3, 0.4) is 0 Å². The van der Waals surface area contributed by atoms with Gasteiger partial charge in [0, 0.05) is 25.0 Å². The summed E-state index contributed by atoms with van der Waals surface area (Å²) in [5.41, 5.74) is 0.999. The lowest BCUT2D eigenvalue weighted by atomic mass is 9.97. The molecule has 1 unspecified atom stereocenters. The zero-order valence-electron chi connectivity index (χ0n) is 17.8. The lowest BCUT2D eigenvalue weighted by Crippen LogP contribution is -2.42. The van der Waals surface area contributed by atoms with Crippen LogP contribution >= 0.6 is 11.8 Å². The van der Waals surface area contributed by atoms with E-state index >= 15 is 0 Å². The van der Waals surface area contributed by atoms with Crippen molar-refractivity contribution in [3.05, 3.63) is 29.6 Å². The molecule has 162 valence electrons. The first-order valence-electron chi connectivity index (χ1n) is 10.4. The molecular weight excluding hydrogens is 402 g/mol. The van der Waals surface area contributed by atoms with Crippen molar-refractivity contribution >= 4 is 17.7 Å². The van der Waals surface area contributed by atoms with Crippen molar-refractivity contribution in [1.82, 2.24) is 25.0 Å². The van der Waals surface area contributed by atoms with Gasteiger partial charge in [0.1, 0.15) is 5.82 Å². The summed E-state index contributed by atoms with van der Waals surface area (Å²) in [7, 11) is 0. The van der Waals surface area contributed by atoms with E-state index in [2.05, 4.69) is 38.8 Å². The number of thioether (sulfide) groups is 1. The molecule has 0 radical (unpaired) electrons. The highest BCUT2D eigenvalue weighted by molar-refractivity contribution is 7.98. The Balaban J connectivity index is 1.33. The average Bonchev–Trinajstić information content (AvgIpc) is 3.38. The van der Waals surface area contributed by atoms with E-state index in [0.717, 1.165) is 54.0 Å². The molecule has 1 aromatic heterocycles. The Morgan fingerprint density at radius 2 is 2.13 bits per heavy atom. The molecule has 0 aliphatic carbocycles. The first kappa shape index (κ1) is 21.0. The van der Waals surface area contributed by atoms with Gasteiger partial charge in [-0.15, -0.1) is 10.2 Å². The van der Waals surface area contributed by atoms with Gasteiger partial charge in [-0.25, -0.2) is 0 Å². The van der Waals surface area contributed by atoms with Crippen molar-refractivity contribution in [3.63, 3.8) is 0 Å². The van der Waals surface area contributed by atoms with Crippen molar-refractivity contribution in [3.8, 4) is 11.5 Å². The topological polar surface area (TPSA) is 81.5 Å². The van der Waals surface area contributed by atoms with Crippen molar-refractivity contribution in [2.24, 2.45) is 0 Å². The molecule has 8 nitrogen and oxygen atoms in total. The first-order chi connectivity index (χ1) is 14.5. The molecule has 30 heavy (non-hydrogen) atoms. The highest BCUT2D eigenvalue weighted by Crippen LogP contribution is 2.32. The fourth-order valence-electron chi connectivity index (χ4n) is 4.11. The van der Waals surface area contributed by atoms with Gasteiger partial charge in [-0.1, -0.05) is 17.8 Å². The number of nitrogens with zero attached hydrogens (tertiary/aromatic N) is 4. The zero-order chi connectivity index (χ0) is 21.1. The second-order valence-electron chi connectivity index (χ2n) is 8.05. The third kappa shape index (κ3) is 4.57. The van der Waals surface area contributed by atoms with Crippen LogP contribution in [0.2, 0.25) is 0 Å². The van der Waals surface area contributed by atoms with Gasteiger partial charge in [-0.05, 0) is 57.2 Å². The smallest absolute Gasteiger partial charge is 0.234 e. The summed E-state index contributed by atoms with van der Waals surface area (Å²) in [5.74, 6) is 2.86. The van der Waals surface area contributed by atoms with E-state index < -0.39 is 0 Å². The van der Waals surface area contributed by atoms with Crippen LogP contribution in [0.1, 0.15) is 50.0 Å². The third-order valence-electron chi connectivity index (χ3n) is 5.55. The van der Waals surface area contributed by atoms with E-state index in [1.165, 1.54) is 0 Å².